The SMILES string of the molecule is CCc1nc2ccc(Br)cc2c(=O)n1N=Cc1ccc(OCC(=O)Nc2ccccc2)cc1. The lowest BCUT2D eigenvalue weighted by atomic mass is 10.2. The Balaban J connectivity index is 1.45. The molecule has 3 aromatic carbocycles. The molecule has 0 aliphatic rings. The van der Waals surface area contributed by atoms with E-state index < -0.39 is 0 Å². The number of para-hydroxylation sites is 1. The topological polar surface area (TPSA) is 85.6 Å². The number of rotatable bonds is 7. The van der Waals surface area contributed by atoms with Crippen LogP contribution < -0.4 is 15.6 Å². The summed E-state index contributed by atoms with van der Waals surface area (Å²) in [6.45, 7) is 1.83. The third-order valence-corrected chi connectivity index (χ3v) is 5.31. The Bertz CT molecular complexity index is 1370. The number of anilines is 1. The highest BCUT2D eigenvalue weighted by atomic mass is 79.9. The Morgan fingerprint density at radius 3 is 2.61 bits per heavy atom. The Kier molecular flexibility index (Phi) is 6.95. The molecule has 0 bridgehead atoms. The number of nitrogens with zero attached hydrogens (tertiary/aromatic N) is 3. The zero-order chi connectivity index (χ0) is 23.2. The Morgan fingerprint density at radius 1 is 1.12 bits per heavy atom. The molecule has 1 aromatic heterocycles. The van der Waals surface area contributed by atoms with E-state index in [-0.39, 0.29) is 18.1 Å². The standard InChI is InChI=1S/C25H21BrN4O3/c1-2-23-29-22-13-10-18(26)14-21(22)25(32)30(23)27-15-17-8-11-20(12-9-17)33-16-24(31)28-19-6-4-3-5-7-19/h3-15H,2,16H2,1H3,(H,28,31). The van der Waals surface area contributed by atoms with E-state index >= 15 is 0 Å². The summed E-state index contributed by atoms with van der Waals surface area (Å²) in [5, 5.41) is 7.64. The molecule has 1 amide bonds. The monoisotopic (exact) mass is 504 g/mol. The van der Waals surface area contributed by atoms with Gasteiger partial charge in [0.05, 0.1) is 17.1 Å². The largest absolute Gasteiger partial charge is 0.484 e. The number of aromatic nitrogens is 2. The van der Waals surface area contributed by atoms with Gasteiger partial charge in [-0.05, 0) is 60.2 Å². The van der Waals surface area contributed by atoms with E-state index in [0.29, 0.717) is 28.9 Å². The summed E-state index contributed by atoms with van der Waals surface area (Å²) in [7, 11) is 0. The van der Waals surface area contributed by atoms with E-state index in [0.717, 1.165) is 15.7 Å². The van der Waals surface area contributed by atoms with Gasteiger partial charge in [-0.1, -0.05) is 41.1 Å². The molecule has 33 heavy (non-hydrogen) atoms. The van der Waals surface area contributed by atoms with Gasteiger partial charge < -0.3 is 10.1 Å². The first kappa shape index (κ1) is 22.4. The maximum atomic E-state index is 12.9. The summed E-state index contributed by atoms with van der Waals surface area (Å²) >= 11 is 3.40. The molecule has 0 saturated heterocycles. The Morgan fingerprint density at radius 2 is 1.88 bits per heavy atom. The van der Waals surface area contributed by atoms with E-state index in [9.17, 15) is 9.59 Å². The predicted octanol–water partition coefficient (Wildman–Crippen LogP) is 4.62. The lowest BCUT2D eigenvalue weighted by Crippen LogP contribution is -2.22. The predicted molar refractivity (Wildman–Crippen MR) is 133 cm³/mol. The normalized spacial score (nSPS) is 11.1. The van der Waals surface area contributed by atoms with Crippen molar-refractivity contribution in [3.05, 3.63) is 99.0 Å². The van der Waals surface area contributed by atoms with Gasteiger partial charge in [0.25, 0.3) is 11.5 Å². The minimum Gasteiger partial charge on any atom is -0.484 e. The molecule has 0 aliphatic carbocycles. The highest BCUT2D eigenvalue weighted by molar-refractivity contribution is 9.10. The summed E-state index contributed by atoms with van der Waals surface area (Å²) in [6, 6.07) is 21.7. The second-order valence-corrected chi connectivity index (χ2v) is 8.09. The Hall–Kier alpha value is -3.78. The quantitative estimate of drug-likeness (QED) is 0.372. The number of hydrogen-bond acceptors (Lipinski definition) is 5. The highest BCUT2D eigenvalue weighted by Gasteiger charge is 2.09. The maximum Gasteiger partial charge on any atom is 0.282 e. The molecule has 1 heterocycles. The average molecular weight is 505 g/mol. The average Bonchev–Trinajstić information content (AvgIpc) is 2.83. The number of amides is 1. The van der Waals surface area contributed by atoms with E-state index in [1.807, 2.05) is 49.4 Å². The van der Waals surface area contributed by atoms with Crippen LogP contribution in [0.25, 0.3) is 10.9 Å². The molecule has 0 aliphatic heterocycles. The molecule has 7 nitrogen and oxygen atoms in total. The smallest absolute Gasteiger partial charge is 0.282 e. The van der Waals surface area contributed by atoms with Crippen LogP contribution in [-0.4, -0.2) is 28.4 Å². The summed E-state index contributed by atoms with van der Waals surface area (Å²) in [4.78, 5) is 29.5. The molecular weight excluding hydrogens is 484 g/mol. The van der Waals surface area contributed by atoms with Crippen molar-refractivity contribution in [1.29, 1.82) is 0 Å². The van der Waals surface area contributed by atoms with Gasteiger partial charge in [-0.15, -0.1) is 0 Å². The van der Waals surface area contributed by atoms with E-state index in [1.165, 1.54) is 4.68 Å². The van der Waals surface area contributed by atoms with Crippen molar-refractivity contribution in [3.63, 3.8) is 0 Å². The van der Waals surface area contributed by atoms with Gasteiger partial charge in [0, 0.05) is 16.6 Å². The van der Waals surface area contributed by atoms with Gasteiger partial charge in [-0.25, -0.2) is 4.98 Å². The number of nitrogens with one attached hydrogen (secondary N) is 1. The molecule has 0 radical (unpaired) electrons. The van der Waals surface area contributed by atoms with Crippen LogP contribution in [0.4, 0.5) is 5.69 Å². The van der Waals surface area contributed by atoms with Crippen molar-refractivity contribution in [1.82, 2.24) is 9.66 Å². The Labute approximate surface area is 198 Å². The number of benzene rings is 3. The van der Waals surface area contributed by atoms with E-state index in [4.69, 9.17) is 4.74 Å². The fourth-order valence-electron chi connectivity index (χ4n) is 3.18. The van der Waals surface area contributed by atoms with Crippen LogP contribution in [0.5, 0.6) is 5.75 Å². The molecule has 1 N–H and O–H groups in total. The molecule has 0 spiro atoms. The van der Waals surface area contributed by atoms with Gasteiger partial charge >= 0.3 is 0 Å². The first-order valence-corrected chi connectivity index (χ1v) is 11.2. The van der Waals surface area contributed by atoms with Crippen LogP contribution in [0, 0.1) is 0 Å². The first-order valence-electron chi connectivity index (χ1n) is 10.4. The number of fused-ring (bicyclic) bond motifs is 1. The van der Waals surface area contributed by atoms with Crippen LogP contribution in [0.3, 0.4) is 0 Å². The van der Waals surface area contributed by atoms with Gasteiger partial charge in [0.2, 0.25) is 0 Å². The van der Waals surface area contributed by atoms with Crippen LogP contribution >= 0.6 is 15.9 Å². The number of halogens is 1. The zero-order valence-corrected chi connectivity index (χ0v) is 19.5. The molecule has 0 fully saturated rings. The minimum absolute atomic E-state index is 0.101. The molecular formula is C25H21BrN4O3. The third kappa shape index (κ3) is 5.53. The van der Waals surface area contributed by atoms with Crippen molar-refractivity contribution in [2.24, 2.45) is 5.10 Å². The van der Waals surface area contributed by atoms with Crippen LogP contribution in [-0.2, 0) is 11.2 Å². The molecule has 0 atom stereocenters. The van der Waals surface area contributed by atoms with Crippen molar-refractivity contribution in [2.75, 3.05) is 11.9 Å². The molecule has 4 rings (SSSR count). The van der Waals surface area contributed by atoms with Crippen LogP contribution in [0.1, 0.15) is 18.3 Å². The minimum atomic E-state index is -0.242. The lowest BCUT2D eigenvalue weighted by molar-refractivity contribution is -0.118. The van der Waals surface area contributed by atoms with Gasteiger partial charge in [-0.3, -0.25) is 9.59 Å². The zero-order valence-electron chi connectivity index (χ0n) is 17.9. The molecule has 4 aromatic rings. The second kappa shape index (κ2) is 10.2. The summed E-state index contributed by atoms with van der Waals surface area (Å²) in [5.41, 5.74) is 1.91. The molecule has 166 valence electrons. The van der Waals surface area contributed by atoms with Gasteiger partial charge in [0.15, 0.2) is 6.61 Å². The van der Waals surface area contributed by atoms with E-state index in [2.05, 4.69) is 31.3 Å². The molecule has 0 saturated carbocycles. The maximum absolute atomic E-state index is 12.9. The van der Waals surface area contributed by atoms with Crippen molar-refractivity contribution in [3.8, 4) is 5.75 Å². The third-order valence-electron chi connectivity index (χ3n) is 4.82. The van der Waals surface area contributed by atoms with Gasteiger partial charge in [0.1, 0.15) is 11.6 Å². The number of carbonyl (C=O) groups excluding carboxylic acids is 1. The highest BCUT2D eigenvalue weighted by Crippen LogP contribution is 2.16. The number of carbonyl (C=O) groups is 1. The van der Waals surface area contributed by atoms with Gasteiger partial charge in [-0.2, -0.15) is 9.78 Å². The number of aryl methyl sites for hydroxylation is 1. The summed E-state index contributed by atoms with van der Waals surface area (Å²) < 4.78 is 7.68. The van der Waals surface area contributed by atoms with Crippen LogP contribution in [0.15, 0.2) is 87.2 Å². The second-order valence-electron chi connectivity index (χ2n) is 7.18. The van der Waals surface area contributed by atoms with Crippen molar-refractivity contribution >= 4 is 44.6 Å². The molecule has 0 unspecified atom stereocenters. The summed E-state index contributed by atoms with van der Waals surface area (Å²) in [6.07, 6.45) is 2.16. The number of ether oxygens (including phenoxy) is 1. The molecule has 8 heteroatoms. The summed E-state index contributed by atoms with van der Waals surface area (Å²) in [5.74, 6) is 0.892. The fourth-order valence-corrected chi connectivity index (χ4v) is 3.55. The first-order chi connectivity index (χ1) is 16.0. The van der Waals surface area contributed by atoms with Crippen molar-refractivity contribution in [2.45, 2.75) is 13.3 Å². The lowest BCUT2D eigenvalue weighted by Gasteiger charge is -2.08. The fraction of sp³-hybridized carbons (Fsp3) is 0.120. The van der Waals surface area contributed by atoms with Crippen LogP contribution in [0.2, 0.25) is 0 Å². The number of hydrogen-bond donors (Lipinski definition) is 1. The van der Waals surface area contributed by atoms with Crippen molar-refractivity contribution < 1.29 is 9.53 Å². The van der Waals surface area contributed by atoms with E-state index in [1.54, 1.807) is 36.5 Å².